The molecule has 2 aliphatic rings. The van der Waals surface area contributed by atoms with Crippen molar-refractivity contribution in [1.29, 1.82) is 0 Å². The van der Waals surface area contributed by atoms with Crippen LogP contribution in [0.15, 0.2) is 54.6 Å². The summed E-state index contributed by atoms with van der Waals surface area (Å²) >= 11 is 0. The topological polar surface area (TPSA) is 53.4 Å². The molecule has 3 nitrogen and oxygen atoms in total. The molecule has 3 aromatic rings. The third kappa shape index (κ3) is 5.62. The zero-order valence-electron chi connectivity index (χ0n) is 21.0. The van der Waals surface area contributed by atoms with Gasteiger partial charge in [-0.2, -0.15) is 0 Å². The average molecular weight is 637 g/mol. The molecule has 185 valence electrons. The Morgan fingerprint density at radius 3 is 2.35 bits per heavy atom. The third-order valence-corrected chi connectivity index (χ3v) is 7.89. The zero-order chi connectivity index (χ0) is 23.8. The van der Waals surface area contributed by atoms with E-state index in [1.165, 1.54) is 23.8 Å². The van der Waals surface area contributed by atoms with E-state index in [0.29, 0.717) is 5.92 Å². The average Bonchev–Trinajstić information content (AvgIpc) is 2.94. The predicted octanol–water partition coefficient (Wildman–Crippen LogP) is 6.59. The molecule has 0 aliphatic heterocycles. The molecular weight excluding hydrogens is 599 g/mol. The van der Waals surface area contributed by atoms with Crippen molar-refractivity contribution in [3.63, 3.8) is 0 Å². The first-order valence-electron chi connectivity index (χ1n) is 12.3. The molecule has 4 unspecified atom stereocenters. The van der Waals surface area contributed by atoms with Crippen LogP contribution in [0.25, 0.3) is 22.2 Å². The maximum atomic E-state index is 10.5. The van der Waals surface area contributed by atoms with Gasteiger partial charge in [-0.25, -0.2) is 0 Å². The smallest absolute Gasteiger partial charge is 0.0646 e. The molecule has 1 radical (unpaired) electrons. The van der Waals surface area contributed by atoms with Crippen molar-refractivity contribution >= 4 is 10.9 Å². The molecule has 4 atom stereocenters. The first-order chi connectivity index (χ1) is 15.6. The molecule has 0 spiro atoms. The fraction of sp³-hybridized carbons (Fsp3) is 0.500. The van der Waals surface area contributed by atoms with Gasteiger partial charge in [0.05, 0.1) is 17.7 Å². The van der Waals surface area contributed by atoms with E-state index in [2.05, 4.69) is 69.9 Å². The van der Waals surface area contributed by atoms with Crippen LogP contribution < -0.4 is 0 Å². The molecular formula is C30H38IrNO2-. The first kappa shape index (κ1) is 27.0. The number of aliphatic hydroxyl groups is 2. The van der Waals surface area contributed by atoms with E-state index in [4.69, 9.17) is 0 Å². The Hall–Kier alpha value is -1.58. The monoisotopic (exact) mass is 637 g/mol. The van der Waals surface area contributed by atoms with Crippen molar-refractivity contribution in [1.82, 2.24) is 4.98 Å². The summed E-state index contributed by atoms with van der Waals surface area (Å²) in [6.07, 6.45) is 3.81. The summed E-state index contributed by atoms with van der Waals surface area (Å²) in [4.78, 5) is 4.68. The standard InChI is InChI=1S/C16H12N.C14H26O2.Ir/c1-12-7-8-14-9-10-15(17-16(14)11-12)13-5-3-2-4-6-13;1-13(2)7-5-6-9-8-14(3,4)12(16)10(9)11(13)15;/h2-5,7-11H,1H3;9-12,15-16H,5-8H2,1-4H3;/q-1;;. The minimum Gasteiger partial charge on any atom is -0.392 e. The SMILES string of the molecule is CC1(C)CCCC2CC(C)(C)C(O)C2C1O.Cc1ccc2ccc(-c3[c-]cccc3)nc2c1.[Ir]. The Balaban J connectivity index is 0.000000186. The number of benzene rings is 2. The van der Waals surface area contributed by atoms with Gasteiger partial charge in [0, 0.05) is 26.0 Å². The number of aliphatic hydroxyl groups excluding tert-OH is 2. The molecule has 34 heavy (non-hydrogen) atoms. The molecule has 2 saturated carbocycles. The van der Waals surface area contributed by atoms with Gasteiger partial charge in [0.25, 0.3) is 0 Å². The molecule has 1 heterocycles. The summed E-state index contributed by atoms with van der Waals surface area (Å²) in [5, 5.41) is 22.1. The van der Waals surface area contributed by atoms with Crippen molar-refractivity contribution < 1.29 is 30.3 Å². The minimum absolute atomic E-state index is 0. The van der Waals surface area contributed by atoms with Crippen LogP contribution in [0, 0.1) is 35.7 Å². The van der Waals surface area contributed by atoms with Gasteiger partial charge >= 0.3 is 0 Å². The summed E-state index contributed by atoms with van der Waals surface area (Å²) in [6.45, 7) is 10.6. The van der Waals surface area contributed by atoms with Gasteiger partial charge in [0.2, 0.25) is 0 Å². The maximum absolute atomic E-state index is 10.5. The van der Waals surface area contributed by atoms with Crippen LogP contribution in [0.3, 0.4) is 0 Å². The van der Waals surface area contributed by atoms with E-state index in [0.717, 1.165) is 29.6 Å². The summed E-state index contributed by atoms with van der Waals surface area (Å²) in [6, 6.07) is 21.6. The minimum atomic E-state index is -0.350. The van der Waals surface area contributed by atoms with E-state index >= 15 is 0 Å². The first-order valence-corrected chi connectivity index (χ1v) is 12.3. The van der Waals surface area contributed by atoms with Crippen molar-refractivity contribution in [2.45, 2.75) is 72.5 Å². The second-order valence-electron chi connectivity index (χ2n) is 11.5. The van der Waals surface area contributed by atoms with Gasteiger partial charge in [0.15, 0.2) is 0 Å². The normalized spacial score (nSPS) is 27.0. The summed E-state index contributed by atoms with van der Waals surface area (Å²) in [7, 11) is 0. The predicted molar refractivity (Wildman–Crippen MR) is 136 cm³/mol. The second-order valence-corrected chi connectivity index (χ2v) is 11.5. The van der Waals surface area contributed by atoms with Crippen LogP contribution in [0.4, 0.5) is 0 Å². The Bertz CT molecular complexity index is 1100. The van der Waals surface area contributed by atoms with Crippen molar-refractivity contribution in [2.75, 3.05) is 0 Å². The number of hydrogen-bond donors (Lipinski definition) is 2. The fourth-order valence-electron chi connectivity index (χ4n) is 5.85. The van der Waals surface area contributed by atoms with E-state index in [9.17, 15) is 10.2 Å². The van der Waals surface area contributed by atoms with E-state index < -0.39 is 0 Å². The molecule has 4 heteroatoms. The van der Waals surface area contributed by atoms with Crippen molar-refractivity contribution in [2.24, 2.45) is 22.7 Å². The van der Waals surface area contributed by atoms with Crippen LogP contribution in [0.1, 0.15) is 58.9 Å². The number of rotatable bonds is 1. The van der Waals surface area contributed by atoms with Crippen LogP contribution in [-0.4, -0.2) is 27.4 Å². The third-order valence-electron chi connectivity index (χ3n) is 7.89. The largest absolute Gasteiger partial charge is 0.392 e. The number of pyridine rings is 1. The van der Waals surface area contributed by atoms with E-state index in [1.807, 2.05) is 30.3 Å². The quantitative estimate of drug-likeness (QED) is 0.297. The van der Waals surface area contributed by atoms with Crippen LogP contribution >= 0.6 is 0 Å². The van der Waals surface area contributed by atoms with E-state index in [-0.39, 0.29) is 49.1 Å². The number of aryl methyl sites for hydroxylation is 1. The molecule has 1 aromatic heterocycles. The maximum Gasteiger partial charge on any atom is 0.0646 e. The van der Waals surface area contributed by atoms with Gasteiger partial charge in [0.1, 0.15) is 0 Å². The van der Waals surface area contributed by atoms with Gasteiger partial charge in [-0.15, -0.1) is 35.9 Å². The number of fused-ring (bicyclic) bond motifs is 2. The van der Waals surface area contributed by atoms with Gasteiger partial charge in [-0.1, -0.05) is 58.4 Å². The molecule has 2 fully saturated rings. The Kier molecular flexibility index (Phi) is 8.41. The summed E-state index contributed by atoms with van der Waals surface area (Å²) in [5.41, 5.74) is 4.23. The second kappa shape index (κ2) is 10.6. The van der Waals surface area contributed by atoms with Crippen LogP contribution in [0.5, 0.6) is 0 Å². The fourth-order valence-corrected chi connectivity index (χ4v) is 5.85. The van der Waals surface area contributed by atoms with Gasteiger partial charge in [-0.3, -0.25) is 4.98 Å². The van der Waals surface area contributed by atoms with E-state index in [1.54, 1.807) is 0 Å². The summed E-state index contributed by atoms with van der Waals surface area (Å²) < 4.78 is 0. The van der Waals surface area contributed by atoms with Gasteiger partial charge in [-0.05, 0) is 65.6 Å². The van der Waals surface area contributed by atoms with Crippen molar-refractivity contribution in [3.05, 3.63) is 66.2 Å². The Morgan fingerprint density at radius 1 is 0.941 bits per heavy atom. The van der Waals surface area contributed by atoms with Crippen LogP contribution in [-0.2, 0) is 20.1 Å². The van der Waals surface area contributed by atoms with Crippen molar-refractivity contribution in [3.8, 4) is 11.3 Å². The Morgan fingerprint density at radius 2 is 1.65 bits per heavy atom. The molecule has 0 bridgehead atoms. The number of hydrogen-bond acceptors (Lipinski definition) is 3. The summed E-state index contributed by atoms with van der Waals surface area (Å²) in [5.74, 6) is 0.606. The number of nitrogens with zero attached hydrogens (tertiary/aromatic N) is 1. The molecule has 2 N–H and O–H groups in total. The van der Waals surface area contributed by atoms with Gasteiger partial charge < -0.3 is 10.2 Å². The molecule has 2 aromatic carbocycles. The Labute approximate surface area is 218 Å². The van der Waals surface area contributed by atoms with Crippen LogP contribution in [0.2, 0.25) is 0 Å². The zero-order valence-corrected chi connectivity index (χ0v) is 23.4. The molecule has 0 amide bonds. The molecule has 2 aliphatic carbocycles. The number of aromatic nitrogens is 1. The molecule has 0 saturated heterocycles. The molecule has 5 rings (SSSR count).